The van der Waals surface area contributed by atoms with Crippen LogP contribution in [0.25, 0.3) is 0 Å². The van der Waals surface area contributed by atoms with Crippen LogP contribution in [0.2, 0.25) is 0 Å². The van der Waals surface area contributed by atoms with Gasteiger partial charge in [0, 0.05) is 19.4 Å². The third-order valence-electron chi connectivity index (χ3n) is 5.82. The van der Waals surface area contributed by atoms with Crippen molar-refractivity contribution in [1.82, 2.24) is 9.80 Å². The molecular weight excluding hydrogens is 408 g/mol. The number of carboxylic acid groups (broad SMARTS) is 1. The van der Waals surface area contributed by atoms with Crippen LogP contribution >= 0.6 is 11.8 Å². The van der Waals surface area contributed by atoms with Gasteiger partial charge in [0.1, 0.15) is 11.6 Å². The SMILES string of the molecule is CC(C(=O)C[C@H]1CCS[C@H]2CC(C)(C)[C@@H](C(=O)O)N2C1=O)N(C)C(=O)OC(C)(C)C. The Morgan fingerprint density at radius 2 is 1.93 bits per heavy atom. The number of ether oxygens (including phenoxy) is 1. The average Bonchev–Trinajstić information content (AvgIpc) is 2.79. The van der Waals surface area contributed by atoms with E-state index in [9.17, 15) is 24.3 Å². The minimum absolute atomic E-state index is 0.0241. The van der Waals surface area contributed by atoms with Crippen LogP contribution in [0.15, 0.2) is 0 Å². The van der Waals surface area contributed by atoms with Gasteiger partial charge < -0.3 is 19.6 Å². The molecular formula is C21H34N2O6S. The molecule has 170 valence electrons. The maximum atomic E-state index is 13.3. The summed E-state index contributed by atoms with van der Waals surface area (Å²) in [5.74, 6) is -1.43. The van der Waals surface area contributed by atoms with Crippen molar-refractivity contribution in [2.45, 2.75) is 83.9 Å². The monoisotopic (exact) mass is 442 g/mol. The van der Waals surface area contributed by atoms with Gasteiger partial charge in [0.05, 0.1) is 11.4 Å². The quantitative estimate of drug-likeness (QED) is 0.698. The van der Waals surface area contributed by atoms with Crippen LogP contribution in [0.5, 0.6) is 0 Å². The van der Waals surface area contributed by atoms with Crippen molar-refractivity contribution in [1.29, 1.82) is 0 Å². The standard InChI is InChI=1S/C21H34N2O6S/c1-12(22(7)19(28)29-20(2,3)4)14(24)10-13-8-9-30-15-11-21(5,6)16(18(26)27)23(15)17(13)25/h12-13,15-16H,8-11H2,1-7H3,(H,26,27)/t12?,13-,15+,16-/m1/s1. The topological polar surface area (TPSA) is 104 Å². The predicted octanol–water partition coefficient (Wildman–Crippen LogP) is 2.99. The predicted molar refractivity (Wildman–Crippen MR) is 114 cm³/mol. The summed E-state index contributed by atoms with van der Waals surface area (Å²) in [6.07, 6.45) is 0.499. The minimum Gasteiger partial charge on any atom is -0.480 e. The number of hydrogen-bond acceptors (Lipinski definition) is 6. The van der Waals surface area contributed by atoms with Crippen molar-refractivity contribution in [2.75, 3.05) is 12.8 Å². The Labute approximate surface area is 182 Å². The third-order valence-corrected chi connectivity index (χ3v) is 7.07. The van der Waals surface area contributed by atoms with Crippen LogP contribution in [0.3, 0.4) is 0 Å². The summed E-state index contributed by atoms with van der Waals surface area (Å²) in [6.45, 7) is 10.6. The van der Waals surface area contributed by atoms with E-state index in [1.54, 1.807) is 39.5 Å². The first kappa shape index (κ1) is 24.5. The number of rotatable bonds is 5. The minimum atomic E-state index is -1.01. The summed E-state index contributed by atoms with van der Waals surface area (Å²) in [4.78, 5) is 53.1. The molecule has 0 aliphatic carbocycles. The van der Waals surface area contributed by atoms with Gasteiger partial charge in [-0.05, 0) is 51.7 Å². The molecule has 2 heterocycles. The van der Waals surface area contributed by atoms with Gasteiger partial charge in [0.2, 0.25) is 5.91 Å². The Kier molecular flexibility index (Phi) is 7.16. The molecule has 2 aliphatic rings. The third kappa shape index (κ3) is 5.28. The average molecular weight is 443 g/mol. The summed E-state index contributed by atoms with van der Waals surface area (Å²) in [5.41, 5.74) is -1.21. The number of carboxylic acids is 1. The Hall–Kier alpha value is -1.77. The van der Waals surface area contributed by atoms with E-state index < -0.39 is 41.1 Å². The number of nitrogens with zero attached hydrogens (tertiary/aromatic N) is 2. The molecule has 9 heteroatoms. The number of ketones is 1. The number of aliphatic carboxylic acids is 1. The van der Waals surface area contributed by atoms with Gasteiger partial charge in [-0.2, -0.15) is 0 Å². The van der Waals surface area contributed by atoms with Crippen LogP contribution in [-0.2, 0) is 19.1 Å². The van der Waals surface area contributed by atoms with E-state index >= 15 is 0 Å². The van der Waals surface area contributed by atoms with Gasteiger partial charge >= 0.3 is 12.1 Å². The van der Waals surface area contributed by atoms with E-state index in [1.807, 2.05) is 13.8 Å². The molecule has 4 atom stereocenters. The van der Waals surface area contributed by atoms with E-state index in [2.05, 4.69) is 0 Å². The fraction of sp³-hybridized carbons (Fsp3) is 0.810. The molecule has 2 aliphatic heterocycles. The molecule has 0 radical (unpaired) electrons. The smallest absolute Gasteiger partial charge is 0.410 e. The normalized spacial score (nSPS) is 27.1. The lowest BCUT2D eigenvalue weighted by Crippen LogP contribution is -2.50. The van der Waals surface area contributed by atoms with Gasteiger partial charge in [0.15, 0.2) is 5.78 Å². The second-order valence-electron chi connectivity index (χ2n) is 9.93. The highest BCUT2D eigenvalue weighted by Crippen LogP contribution is 2.47. The van der Waals surface area contributed by atoms with Crippen LogP contribution < -0.4 is 0 Å². The summed E-state index contributed by atoms with van der Waals surface area (Å²) in [7, 11) is 1.50. The molecule has 0 bridgehead atoms. The van der Waals surface area contributed by atoms with Gasteiger partial charge in [0.25, 0.3) is 0 Å². The Morgan fingerprint density at radius 3 is 2.47 bits per heavy atom. The summed E-state index contributed by atoms with van der Waals surface area (Å²) in [6, 6.07) is -1.65. The van der Waals surface area contributed by atoms with Crippen molar-refractivity contribution in [3.63, 3.8) is 0 Å². The molecule has 30 heavy (non-hydrogen) atoms. The fourth-order valence-electron chi connectivity index (χ4n) is 4.06. The Morgan fingerprint density at radius 1 is 1.33 bits per heavy atom. The lowest BCUT2D eigenvalue weighted by Gasteiger charge is -2.32. The molecule has 2 rings (SSSR count). The van der Waals surface area contributed by atoms with Crippen molar-refractivity contribution < 1.29 is 29.0 Å². The molecule has 0 aromatic heterocycles. The first-order chi connectivity index (χ1) is 13.7. The number of carbonyl (C=O) groups excluding carboxylic acids is 3. The number of carbonyl (C=O) groups is 4. The highest BCUT2D eigenvalue weighted by molar-refractivity contribution is 7.99. The maximum absolute atomic E-state index is 13.3. The molecule has 0 saturated carbocycles. The molecule has 1 N–H and O–H groups in total. The van der Waals surface area contributed by atoms with Crippen LogP contribution in [0, 0.1) is 11.3 Å². The zero-order chi connectivity index (χ0) is 23.0. The summed E-state index contributed by atoms with van der Waals surface area (Å²) >= 11 is 1.58. The van der Waals surface area contributed by atoms with Crippen LogP contribution in [-0.4, -0.2) is 74.5 Å². The fourth-order valence-corrected chi connectivity index (χ4v) is 5.68. The number of thioether (sulfide) groups is 1. The number of likely N-dealkylation sites (N-methyl/N-ethyl adjacent to an activating group) is 1. The molecule has 2 fully saturated rings. The second-order valence-corrected chi connectivity index (χ2v) is 11.2. The van der Waals surface area contributed by atoms with E-state index in [4.69, 9.17) is 4.74 Å². The highest BCUT2D eigenvalue weighted by Gasteiger charge is 2.54. The molecule has 1 unspecified atom stereocenters. The molecule has 8 nitrogen and oxygen atoms in total. The number of amides is 2. The van der Waals surface area contributed by atoms with E-state index in [-0.39, 0.29) is 23.5 Å². The van der Waals surface area contributed by atoms with E-state index in [1.165, 1.54) is 16.8 Å². The number of Topliss-reactive ketones (excluding diaryl/α,β-unsaturated/α-hetero) is 1. The van der Waals surface area contributed by atoms with Gasteiger partial charge in [-0.3, -0.25) is 9.59 Å². The van der Waals surface area contributed by atoms with Gasteiger partial charge in [-0.1, -0.05) is 13.8 Å². The van der Waals surface area contributed by atoms with Crippen molar-refractivity contribution in [3.05, 3.63) is 0 Å². The van der Waals surface area contributed by atoms with Crippen molar-refractivity contribution in [2.24, 2.45) is 11.3 Å². The molecule has 2 saturated heterocycles. The zero-order valence-corrected chi connectivity index (χ0v) is 19.7. The number of fused-ring (bicyclic) bond motifs is 1. The van der Waals surface area contributed by atoms with Gasteiger partial charge in [-0.15, -0.1) is 11.8 Å². The van der Waals surface area contributed by atoms with Crippen LogP contribution in [0.1, 0.15) is 60.8 Å². The summed E-state index contributed by atoms with van der Waals surface area (Å²) < 4.78 is 5.31. The lowest BCUT2D eigenvalue weighted by molar-refractivity contribution is -0.153. The molecule has 2 amide bonds. The second kappa shape index (κ2) is 8.77. The lowest BCUT2D eigenvalue weighted by atomic mass is 9.84. The molecule has 0 aromatic rings. The van der Waals surface area contributed by atoms with Crippen molar-refractivity contribution >= 4 is 35.5 Å². The Balaban J connectivity index is 2.12. The van der Waals surface area contributed by atoms with Crippen LogP contribution in [0.4, 0.5) is 4.79 Å². The molecule has 0 aromatic carbocycles. The maximum Gasteiger partial charge on any atom is 0.410 e. The summed E-state index contributed by atoms with van der Waals surface area (Å²) in [5, 5.41) is 9.57. The zero-order valence-electron chi connectivity index (χ0n) is 18.9. The first-order valence-corrected chi connectivity index (χ1v) is 11.4. The largest absolute Gasteiger partial charge is 0.480 e. The van der Waals surface area contributed by atoms with E-state index in [0.717, 1.165) is 0 Å². The van der Waals surface area contributed by atoms with Gasteiger partial charge in [-0.25, -0.2) is 9.59 Å². The van der Waals surface area contributed by atoms with Crippen molar-refractivity contribution in [3.8, 4) is 0 Å². The molecule has 0 spiro atoms. The number of hydrogen-bond donors (Lipinski definition) is 1. The highest BCUT2D eigenvalue weighted by atomic mass is 32.2. The Bertz CT molecular complexity index is 717. The first-order valence-electron chi connectivity index (χ1n) is 10.3. The van der Waals surface area contributed by atoms with E-state index in [0.29, 0.717) is 18.6 Å².